The van der Waals surface area contributed by atoms with E-state index in [1.54, 1.807) is 10.8 Å². The second-order valence-electron chi connectivity index (χ2n) is 3.83. The van der Waals surface area contributed by atoms with E-state index in [1.807, 2.05) is 24.3 Å². The van der Waals surface area contributed by atoms with E-state index in [2.05, 4.69) is 22.6 Å². The van der Waals surface area contributed by atoms with Gasteiger partial charge in [-0.3, -0.25) is 4.79 Å². The van der Waals surface area contributed by atoms with Crippen molar-refractivity contribution in [1.82, 2.24) is 4.57 Å². The second kappa shape index (κ2) is 5.34. The lowest BCUT2D eigenvalue weighted by Crippen LogP contribution is -2.16. The van der Waals surface area contributed by atoms with Gasteiger partial charge in [0.2, 0.25) is 0 Å². The number of carboxylic acids is 1. The van der Waals surface area contributed by atoms with Gasteiger partial charge in [-0.1, -0.05) is 12.1 Å². The Morgan fingerprint density at radius 3 is 2.50 bits per heavy atom. The predicted molar refractivity (Wildman–Crippen MR) is 75.9 cm³/mol. The quantitative estimate of drug-likeness (QED) is 0.859. The van der Waals surface area contributed by atoms with Crippen LogP contribution in [0.4, 0.5) is 0 Å². The molecule has 1 N–H and O–H groups in total. The van der Waals surface area contributed by atoms with Crippen molar-refractivity contribution in [2.45, 2.75) is 6.54 Å². The van der Waals surface area contributed by atoms with Crippen molar-refractivity contribution in [3.05, 3.63) is 67.6 Å². The number of hydrogen-bond acceptors (Lipinski definition) is 2. The average molecular weight is 355 g/mol. The summed E-state index contributed by atoms with van der Waals surface area (Å²) in [5.74, 6) is -1.20. The van der Waals surface area contributed by atoms with Crippen LogP contribution < -0.4 is 5.43 Å². The monoisotopic (exact) mass is 355 g/mol. The van der Waals surface area contributed by atoms with Crippen LogP contribution in [0.25, 0.3) is 0 Å². The minimum absolute atomic E-state index is 0.206. The van der Waals surface area contributed by atoms with Gasteiger partial charge >= 0.3 is 5.97 Å². The Morgan fingerprint density at radius 2 is 1.89 bits per heavy atom. The molecule has 0 aliphatic carbocycles. The van der Waals surface area contributed by atoms with Crippen LogP contribution in [0.3, 0.4) is 0 Å². The van der Waals surface area contributed by atoms with Crippen LogP contribution in [0.15, 0.2) is 47.5 Å². The molecule has 2 aromatic rings. The maximum Gasteiger partial charge on any atom is 0.341 e. The number of aromatic nitrogens is 1. The molecule has 5 heteroatoms. The molecule has 4 nitrogen and oxygen atoms in total. The van der Waals surface area contributed by atoms with Crippen molar-refractivity contribution in [3.8, 4) is 0 Å². The predicted octanol–water partition coefficient (Wildman–Crippen LogP) is 2.20. The smallest absolute Gasteiger partial charge is 0.341 e. The van der Waals surface area contributed by atoms with Gasteiger partial charge in [0.25, 0.3) is 0 Å². The Labute approximate surface area is 117 Å². The summed E-state index contributed by atoms with van der Waals surface area (Å²) in [4.78, 5) is 22.2. The summed E-state index contributed by atoms with van der Waals surface area (Å²) in [5.41, 5.74) is 0.375. The summed E-state index contributed by atoms with van der Waals surface area (Å²) < 4.78 is 2.83. The molecule has 0 saturated heterocycles. The van der Waals surface area contributed by atoms with Crippen molar-refractivity contribution >= 4 is 28.6 Å². The van der Waals surface area contributed by atoms with Crippen molar-refractivity contribution < 1.29 is 9.90 Å². The van der Waals surface area contributed by atoms with E-state index in [-0.39, 0.29) is 5.56 Å². The highest BCUT2D eigenvalue weighted by Gasteiger charge is 2.08. The molecule has 0 fully saturated rings. The van der Waals surface area contributed by atoms with Crippen LogP contribution in [-0.2, 0) is 6.54 Å². The Balaban J connectivity index is 2.30. The van der Waals surface area contributed by atoms with E-state index in [0.29, 0.717) is 6.54 Å². The lowest BCUT2D eigenvalue weighted by molar-refractivity contribution is 0.0694. The van der Waals surface area contributed by atoms with Crippen molar-refractivity contribution in [2.75, 3.05) is 0 Å². The lowest BCUT2D eigenvalue weighted by Gasteiger charge is -2.07. The van der Waals surface area contributed by atoms with Gasteiger partial charge in [0.1, 0.15) is 5.56 Å². The topological polar surface area (TPSA) is 59.3 Å². The highest BCUT2D eigenvalue weighted by molar-refractivity contribution is 14.1. The standard InChI is InChI=1S/C13H10INO3/c14-10-3-1-9(2-4-10)7-15-6-5-12(16)11(8-15)13(17)18/h1-6,8H,7H2,(H,17,18). The second-order valence-corrected chi connectivity index (χ2v) is 5.07. The van der Waals surface area contributed by atoms with E-state index < -0.39 is 11.4 Å². The average Bonchev–Trinajstić information content (AvgIpc) is 2.34. The SMILES string of the molecule is O=C(O)c1cn(Cc2ccc(I)cc2)ccc1=O. The molecule has 92 valence electrons. The number of nitrogens with zero attached hydrogens (tertiary/aromatic N) is 1. The third kappa shape index (κ3) is 2.98. The molecule has 1 heterocycles. The molecule has 0 aliphatic rings. The first-order chi connectivity index (χ1) is 8.56. The van der Waals surface area contributed by atoms with Gasteiger partial charge in [-0.25, -0.2) is 4.79 Å². The molecular weight excluding hydrogens is 345 g/mol. The molecule has 0 spiro atoms. The van der Waals surface area contributed by atoms with Gasteiger partial charge in [-0.2, -0.15) is 0 Å². The van der Waals surface area contributed by atoms with Gasteiger partial charge < -0.3 is 9.67 Å². The molecule has 0 radical (unpaired) electrons. The zero-order valence-electron chi connectivity index (χ0n) is 9.34. The molecule has 0 aliphatic heterocycles. The Morgan fingerprint density at radius 1 is 1.22 bits per heavy atom. The molecule has 0 unspecified atom stereocenters. The van der Waals surface area contributed by atoms with Gasteiger partial charge in [0.05, 0.1) is 0 Å². The number of rotatable bonds is 3. The summed E-state index contributed by atoms with van der Waals surface area (Å²) in [7, 11) is 0. The van der Waals surface area contributed by atoms with E-state index in [0.717, 1.165) is 9.13 Å². The highest BCUT2D eigenvalue weighted by Crippen LogP contribution is 2.08. The summed E-state index contributed by atoms with van der Waals surface area (Å²) in [5, 5.41) is 8.88. The fourth-order valence-electron chi connectivity index (χ4n) is 1.59. The summed E-state index contributed by atoms with van der Waals surface area (Å²) >= 11 is 2.22. The number of carboxylic acid groups (broad SMARTS) is 1. The lowest BCUT2D eigenvalue weighted by atomic mass is 10.2. The van der Waals surface area contributed by atoms with Crippen LogP contribution in [0.1, 0.15) is 15.9 Å². The first-order valence-electron chi connectivity index (χ1n) is 5.24. The number of aromatic carboxylic acids is 1. The first-order valence-corrected chi connectivity index (χ1v) is 6.32. The molecule has 1 aromatic carbocycles. The molecule has 0 saturated carbocycles. The normalized spacial score (nSPS) is 10.3. The molecule has 0 atom stereocenters. The van der Waals surface area contributed by atoms with E-state index >= 15 is 0 Å². The fourth-order valence-corrected chi connectivity index (χ4v) is 1.94. The maximum atomic E-state index is 11.3. The number of hydrogen-bond donors (Lipinski definition) is 1. The third-order valence-corrected chi connectivity index (χ3v) is 3.21. The van der Waals surface area contributed by atoms with Crippen LogP contribution >= 0.6 is 22.6 Å². The number of halogens is 1. The van der Waals surface area contributed by atoms with Crippen LogP contribution in [0, 0.1) is 3.57 Å². The van der Waals surface area contributed by atoms with Crippen molar-refractivity contribution in [3.63, 3.8) is 0 Å². The van der Waals surface area contributed by atoms with Crippen LogP contribution in [-0.4, -0.2) is 15.6 Å². The Bertz CT molecular complexity index is 631. The Kier molecular flexibility index (Phi) is 3.81. The van der Waals surface area contributed by atoms with E-state index in [1.165, 1.54) is 12.3 Å². The largest absolute Gasteiger partial charge is 0.477 e. The minimum atomic E-state index is -1.20. The zero-order chi connectivity index (χ0) is 13.1. The van der Waals surface area contributed by atoms with Gasteiger partial charge in [-0.15, -0.1) is 0 Å². The fraction of sp³-hybridized carbons (Fsp3) is 0.0769. The number of pyridine rings is 1. The van der Waals surface area contributed by atoms with Crippen molar-refractivity contribution in [2.24, 2.45) is 0 Å². The molecular formula is C13H10INO3. The minimum Gasteiger partial charge on any atom is -0.477 e. The molecule has 2 rings (SSSR count). The molecule has 0 amide bonds. The van der Waals surface area contributed by atoms with Crippen LogP contribution in [0.5, 0.6) is 0 Å². The van der Waals surface area contributed by atoms with Gasteiger partial charge in [-0.05, 0) is 40.3 Å². The highest BCUT2D eigenvalue weighted by atomic mass is 127. The molecule has 0 bridgehead atoms. The number of carbonyl (C=O) groups is 1. The zero-order valence-corrected chi connectivity index (χ0v) is 11.5. The molecule has 18 heavy (non-hydrogen) atoms. The van der Waals surface area contributed by atoms with E-state index in [4.69, 9.17) is 5.11 Å². The summed E-state index contributed by atoms with van der Waals surface area (Å²) in [6.45, 7) is 0.539. The first kappa shape index (κ1) is 12.8. The summed E-state index contributed by atoms with van der Waals surface area (Å²) in [6.07, 6.45) is 2.95. The van der Waals surface area contributed by atoms with Crippen LogP contribution in [0.2, 0.25) is 0 Å². The van der Waals surface area contributed by atoms with E-state index in [9.17, 15) is 9.59 Å². The summed E-state index contributed by atoms with van der Waals surface area (Å²) in [6, 6.07) is 9.18. The van der Waals surface area contributed by atoms with Crippen molar-refractivity contribution in [1.29, 1.82) is 0 Å². The third-order valence-electron chi connectivity index (χ3n) is 2.49. The van der Waals surface area contributed by atoms with Gasteiger partial charge in [0.15, 0.2) is 5.43 Å². The molecule has 1 aromatic heterocycles. The Hall–Kier alpha value is -1.63. The maximum absolute atomic E-state index is 11.3. The van der Waals surface area contributed by atoms with Gasteiger partial charge in [0, 0.05) is 28.6 Å². The number of benzene rings is 1.